The van der Waals surface area contributed by atoms with Gasteiger partial charge in [0, 0.05) is 44.5 Å². The van der Waals surface area contributed by atoms with E-state index in [9.17, 15) is 4.79 Å². The number of oxime groups is 1. The van der Waals surface area contributed by atoms with Gasteiger partial charge >= 0.3 is 6.09 Å². The third-order valence-electron chi connectivity index (χ3n) is 5.77. The molecule has 2 heterocycles. The lowest BCUT2D eigenvalue weighted by Gasteiger charge is -2.35. The number of piperidine rings is 1. The molecular weight excluding hydrogens is 382 g/mol. The van der Waals surface area contributed by atoms with E-state index in [2.05, 4.69) is 10.5 Å². The highest BCUT2D eigenvalue weighted by atomic mass is 16.7. The number of nitrogens with one attached hydrogen (secondary N) is 1. The Morgan fingerprint density at radius 3 is 2.77 bits per heavy atom. The van der Waals surface area contributed by atoms with Gasteiger partial charge in [-0.05, 0) is 30.2 Å². The Morgan fingerprint density at radius 1 is 1.20 bits per heavy atom. The molecule has 0 bridgehead atoms. The van der Waals surface area contributed by atoms with E-state index in [-0.39, 0.29) is 5.60 Å². The molecule has 7 nitrogen and oxygen atoms in total. The van der Waals surface area contributed by atoms with Crippen LogP contribution in [-0.2, 0) is 16.2 Å². The number of hydrogen-bond donors (Lipinski definition) is 1. The molecule has 1 spiro atoms. The van der Waals surface area contributed by atoms with E-state index in [0.717, 1.165) is 47.4 Å². The predicted octanol–water partition coefficient (Wildman–Crippen LogP) is 3.80. The molecular formula is C23H27N3O4. The molecule has 2 aliphatic rings. The first-order valence-corrected chi connectivity index (χ1v) is 10.2. The van der Waals surface area contributed by atoms with Gasteiger partial charge in [0.25, 0.3) is 0 Å². The van der Waals surface area contributed by atoms with E-state index in [1.54, 1.807) is 12.2 Å². The molecule has 0 saturated carbocycles. The molecule has 0 aromatic heterocycles. The summed E-state index contributed by atoms with van der Waals surface area (Å²) in [4.78, 5) is 23.5. The standard InChI is InChI=1S/C23H27N3O4/c1-17-6-3-4-7-19(17)16-24-22(27)29-26-12-10-23(11-13-26)15-21(25-30-23)18-8-5-9-20(14-18)28-2/h3-9,14H,10-13,15-16H2,1-2H3,(H,24,27). The Bertz CT molecular complexity index is 936. The third-order valence-corrected chi connectivity index (χ3v) is 5.77. The van der Waals surface area contributed by atoms with Gasteiger partial charge in [0.2, 0.25) is 0 Å². The first-order chi connectivity index (χ1) is 14.6. The van der Waals surface area contributed by atoms with Crippen molar-refractivity contribution in [3.05, 3.63) is 65.2 Å². The van der Waals surface area contributed by atoms with Crippen molar-refractivity contribution in [3.63, 3.8) is 0 Å². The van der Waals surface area contributed by atoms with E-state index >= 15 is 0 Å². The van der Waals surface area contributed by atoms with Gasteiger partial charge in [-0.1, -0.05) is 41.6 Å². The number of nitrogens with zero attached hydrogens (tertiary/aromatic N) is 2. The number of carbonyl (C=O) groups is 1. The number of aryl methyl sites for hydroxylation is 1. The summed E-state index contributed by atoms with van der Waals surface area (Å²) in [6.45, 7) is 3.69. The zero-order valence-corrected chi connectivity index (χ0v) is 17.4. The molecule has 2 aliphatic heterocycles. The minimum absolute atomic E-state index is 0.324. The van der Waals surface area contributed by atoms with Gasteiger partial charge in [-0.2, -0.15) is 0 Å². The Hall–Kier alpha value is -3.06. The molecule has 0 aliphatic carbocycles. The van der Waals surface area contributed by atoms with Gasteiger partial charge in [0.1, 0.15) is 11.4 Å². The second kappa shape index (κ2) is 8.75. The summed E-state index contributed by atoms with van der Waals surface area (Å²) in [7, 11) is 1.65. The molecule has 1 fully saturated rings. The highest BCUT2D eigenvalue weighted by molar-refractivity contribution is 6.02. The second-order valence-electron chi connectivity index (χ2n) is 7.81. The van der Waals surface area contributed by atoms with Gasteiger partial charge < -0.3 is 19.7 Å². The molecule has 7 heteroatoms. The maximum Gasteiger partial charge on any atom is 0.426 e. The molecule has 0 radical (unpaired) electrons. The number of ether oxygens (including phenoxy) is 1. The van der Waals surface area contributed by atoms with Crippen molar-refractivity contribution in [2.45, 2.75) is 38.3 Å². The van der Waals surface area contributed by atoms with E-state index in [1.165, 1.54) is 0 Å². The fourth-order valence-electron chi connectivity index (χ4n) is 3.86. The van der Waals surface area contributed by atoms with Crippen LogP contribution in [0.4, 0.5) is 4.79 Å². The summed E-state index contributed by atoms with van der Waals surface area (Å²) in [5, 5.41) is 8.86. The smallest absolute Gasteiger partial charge is 0.426 e. The van der Waals surface area contributed by atoms with Crippen molar-refractivity contribution < 1.29 is 19.2 Å². The number of carbonyl (C=O) groups excluding carboxylic acids is 1. The van der Waals surface area contributed by atoms with E-state index in [4.69, 9.17) is 14.4 Å². The molecule has 30 heavy (non-hydrogen) atoms. The van der Waals surface area contributed by atoms with Gasteiger partial charge in [-0.3, -0.25) is 0 Å². The minimum Gasteiger partial charge on any atom is -0.497 e. The average molecular weight is 409 g/mol. The Kier molecular flexibility index (Phi) is 5.90. The minimum atomic E-state index is -0.435. The van der Waals surface area contributed by atoms with Crippen molar-refractivity contribution in [2.24, 2.45) is 5.16 Å². The van der Waals surface area contributed by atoms with E-state index < -0.39 is 6.09 Å². The Morgan fingerprint density at radius 2 is 2.00 bits per heavy atom. The number of hydroxylamine groups is 2. The van der Waals surface area contributed by atoms with Crippen molar-refractivity contribution in [1.82, 2.24) is 10.4 Å². The van der Waals surface area contributed by atoms with Gasteiger partial charge in [0.15, 0.2) is 0 Å². The lowest BCUT2D eigenvalue weighted by atomic mass is 9.86. The number of benzene rings is 2. The van der Waals surface area contributed by atoms with Crippen LogP contribution in [0.25, 0.3) is 0 Å². The molecule has 2 aromatic rings. The van der Waals surface area contributed by atoms with Crippen LogP contribution in [0, 0.1) is 6.92 Å². The first-order valence-electron chi connectivity index (χ1n) is 10.2. The molecule has 0 unspecified atom stereocenters. The van der Waals surface area contributed by atoms with E-state index in [1.807, 2.05) is 55.5 Å². The lowest BCUT2D eigenvalue weighted by molar-refractivity contribution is -0.157. The Balaban J connectivity index is 1.25. The van der Waals surface area contributed by atoms with Crippen LogP contribution in [0.3, 0.4) is 0 Å². The molecule has 1 amide bonds. The molecule has 158 valence electrons. The predicted molar refractivity (Wildman–Crippen MR) is 113 cm³/mol. The van der Waals surface area contributed by atoms with Crippen LogP contribution in [0.1, 0.15) is 36.0 Å². The molecule has 0 atom stereocenters. The fourth-order valence-corrected chi connectivity index (χ4v) is 3.86. The largest absolute Gasteiger partial charge is 0.497 e. The van der Waals surface area contributed by atoms with Crippen molar-refractivity contribution in [2.75, 3.05) is 20.2 Å². The van der Waals surface area contributed by atoms with Crippen LogP contribution < -0.4 is 10.1 Å². The number of rotatable bonds is 5. The highest BCUT2D eigenvalue weighted by Gasteiger charge is 2.43. The average Bonchev–Trinajstić information content (AvgIpc) is 3.19. The zero-order valence-electron chi connectivity index (χ0n) is 17.4. The SMILES string of the molecule is COc1cccc(C2=NOC3(CCN(OC(=O)NCc4ccccc4C)CC3)C2)c1. The molecule has 1 saturated heterocycles. The van der Waals surface area contributed by atoms with Crippen molar-refractivity contribution in [1.29, 1.82) is 0 Å². The molecule has 1 N–H and O–H groups in total. The maximum atomic E-state index is 12.2. The Labute approximate surface area is 176 Å². The number of amides is 1. The molecule has 4 rings (SSSR count). The topological polar surface area (TPSA) is 72.4 Å². The zero-order chi connectivity index (χ0) is 21.0. The fraction of sp³-hybridized carbons (Fsp3) is 0.391. The maximum absolute atomic E-state index is 12.2. The molecule has 2 aromatic carbocycles. The van der Waals surface area contributed by atoms with E-state index in [0.29, 0.717) is 19.6 Å². The number of methoxy groups -OCH3 is 1. The lowest BCUT2D eigenvalue weighted by Crippen LogP contribution is -2.46. The van der Waals surface area contributed by atoms with Crippen LogP contribution in [0.5, 0.6) is 5.75 Å². The normalized spacial score (nSPS) is 17.9. The summed E-state index contributed by atoms with van der Waals surface area (Å²) < 4.78 is 5.30. The van der Waals surface area contributed by atoms with Crippen LogP contribution in [0.2, 0.25) is 0 Å². The summed E-state index contributed by atoms with van der Waals surface area (Å²) >= 11 is 0. The number of hydrogen-bond acceptors (Lipinski definition) is 6. The second-order valence-corrected chi connectivity index (χ2v) is 7.81. The summed E-state index contributed by atoms with van der Waals surface area (Å²) in [5.74, 6) is 0.802. The quantitative estimate of drug-likeness (QED) is 0.813. The summed E-state index contributed by atoms with van der Waals surface area (Å²) in [6.07, 6.45) is 1.80. The third kappa shape index (κ3) is 4.57. The summed E-state index contributed by atoms with van der Waals surface area (Å²) in [5.41, 5.74) is 3.84. The van der Waals surface area contributed by atoms with Crippen LogP contribution in [-0.4, -0.2) is 42.7 Å². The monoisotopic (exact) mass is 409 g/mol. The van der Waals surface area contributed by atoms with Gasteiger partial charge in [-0.25, -0.2) is 4.79 Å². The van der Waals surface area contributed by atoms with Crippen molar-refractivity contribution in [3.8, 4) is 5.75 Å². The first kappa shape index (κ1) is 20.2. The van der Waals surface area contributed by atoms with Gasteiger partial charge in [0.05, 0.1) is 12.8 Å². The highest BCUT2D eigenvalue weighted by Crippen LogP contribution is 2.36. The van der Waals surface area contributed by atoms with Crippen LogP contribution in [0.15, 0.2) is 53.7 Å². The van der Waals surface area contributed by atoms with Gasteiger partial charge in [-0.15, -0.1) is 5.06 Å². The van der Waals surface area contributed by atoms with Crippen molar-refractivity contribution >= 4 is 11.8 Å². The van der Waals surface area contributed by atoms with Crippen LogP contribution >= 0.6 is 0 Å². The summed E-state index contributed by atoms with van der Waals surface area (Å²) in [6, 6.07) is 15.8.